The Bertz CT molecular complexity index is 1150. The lowest BCUT2D eigenvalue weighted by molar-refractivity contribution is 0.702. The van der Waals surface area contributed by atoms with Crippen LogP contribution in [0.2, 0.25) is 0 Å². The second-order valence-corrected chi connectivity index (χ2v) is 8.23. The number of fused-ring (bicyclic) bond motifs is 3. The average Bonchev–Trinajstić information content (AvgIpc) is 3.36. The number of imidazole rings is 1. The molecule has 0 spiro atoms. The Morgan fingerprint density at radius 2 is 1.77 bits per heavy atom. The lowest BCUT2D eigenvalue weighted by Crippen LogP contribution is -1.99. The second kappa shape index (κ2) is 12.2. The molecule has 0 atom stereocenters. The van der Waals surface area contributed by atoms with E-state index in [9.17, 15) is 0 Å². The maximum Gasteiger partial charge on any atom is 0.115 e. The molecule has 6 heteroatoms. The van der Waals surface area contributed by atoms with Crippen LogP contribution in [-0.4, -0.2) is 19.5 Å². The lowest BCUT2D eigenvalue weighted by Gasteiger charge is -2.03. The van der Waals surface area contributed by atoms with Gasteiger partial charge < -0.3 is 4.57 Å². The third kappa shape index (κ3) is 6.11. The summed E-state index contributed by atoms with van der Waals surface area (Å²) in [6, 6.07) is 7.73. The first kappa shape index (κ1) is 24.5. The normalized spacial score (nSPS) is 10.2. The first-order valence-corrected chi connectivity index (χ1v) is 12.0. The second-order valence-electron chi connectivity index (χ2n) is 7.16. The molecular weight excluding hydrogens is 402 g/mol. The zero-order valence-corrected chi connectivity index (χ0v) is 20.4. The third-order valence-electron chi connectivity index (χ3n) is 4.88. The zero-order valence-electron chi connectivity index (χ0n) is 19.6. The minimum Gasteiger partial charge on any atom is -0.330 e. The quantitative estimate of drug-likeness (QED) is 0.318. The molecule has 0 saturated heterocycles. The van der Waals surface area contributed by atoms with Gasteiger partial charge in [0.15, 0.2) is 0 Å². The van der Waals surface area contributed by atoms with Gasteiger partial charge in [0.05, 0.1) is 39.6 Å². The Balaban J connectivity index is 0.000000372. The Morgan fingerprint density at radius 1 is 1.06 bits per heavy atom. The van der Waals surface area contributed by atoms with Crippen LogP contribution in [0.4, 0.5) is 0 Å². The monoisotopic (exact) mass is 435 g/mol. The smallest absolute Gasteiger partial charge is 0.115 e. The summed E-state index contributed by atoms with van der Waals surface area (Å²) in [5.74, 6) is 0.946. The maximum atomic E-state index is 9.14. The standard InChI is InChI=1S/C17H13N5S.C6H14.C2H6/c1-10-20-12(9-23-10)6-16-21-15-8-19-14-4-3-11(7-18)5-13(14)17(15)22(16)2;1-3-5-6-4-2;1-2/h3-5,8-9H,6H2,1-2H3;3-6H2,1-2H3;1-2H3. The van der Waals surface area contributed by atoms with Gasteiger partial charge in [-0.2, -0.15) is 5.26 Å². The number of rotatable bonds is 5. The summed E-state index contributed by atoms with van der Waals surface area (Å²) >= 11 is 1.65. The molecule has 0 N–H and O–H groups in total. The molecule has 0 bridgehead atoms. The molecule has 3 heterocycles. The van der Waals surface area contributed by atoms with Gasteiger partial charge in [-0.1, -0.05) is 53.4 Å². The van der Waals surface area contributed by atoms with E-state index in [1.807, 2.05) is 40.0 Å². The van der Waals surface area contributed by atoms with Gasteiger partial charge in [0.1, 0.15) is 11.3 Å². The molecule has 4 rings (SSSR count). The molecular formula is C25H33N5S. The Hall–Kier alpha value is -2.78. The molecule has 4 aromatic rings. The van der Waals surface area contributed by atoms with Gasteiger partial charge in [0.25, 0.3) is 0 Å². The molecule has 0 fully saturated rings. The Labute approximate surface area is 189 Å². The van der Waals surface area contributed by atoms with Crippen molar-refractivity contribution in [2.24, 2.45) is 7.05 Å². The fourth-order valence-electron chi connectivity index (χ4n) is 3.32. The molecule has 5 nitrogen and oxygen atoms in total. The van der Waals surface area contributed by atoms with Gasteiger partial charge >= 0.3 is 0 Å². The van der Waals surface area contributed by atoms with E-state index >= 15 is 0 Å². The molecule has 0 aliphatic rings. The molecule has 0 amide bonds. The number of aryl methyl sites for hydroxylation is 2. The summed E-state index contributed by atoms with van der Waals surface area (Å²) in [6.07, 6.45) is 8.02. The van der Waals surface area contributed by atoms with Crippen LogP contribution in [0, 0.1) is 18.3 Å². The average molecular weight is 436 g/mol. The van der Waals surface area contributed by atoms with Crippen molar-refractivity contribution in [3.05, 3.63) is 51.9 Å². The van der Waals surface area contributed by atoms with Gasteiger partial charge in [-0.05, 0) is 25.1 Å². The van der Waals surface area contributed by atoms with Gasteiger partial charge in [-0.3, -0.25) is 4.98 Å². The van der Waals surface area contributed by atoms with Crippen LogP contribution in [-0.2, 0) is 13.5 Å². The van der Waals surface area contributed by atoms with Gasteiger partial charge in [0.2, 0.25) is 0 Å². The van der Waals surface area contributed by atoms with E-state index in [4.69, 9.17) is 10.2 Å². The highest BCUT2D eigenvalue weighted by Crippen LogP contribution is 2.26. The van der Waals surface area contributed by atoms with Crippen molar-refractivity contribution in [2.45, 2.75) is 66.7 Å². The Kier molecular flexibility index (Phi) is 9.61. The molecule has 31 heavy (non-hydrogen) atoms. The number of pyridine rings is 1. The number of hydrogen-bond donors (Lipinski definition) is 0. The van der Waals surface area contributed by atoms with Crippen molar-refractivity contribution in [3.8, 4) is 6.07 Å². The summed E-state index contributed by atoms with van der Waals surface area (Å²) in [5.41, 5.74) is 4.38. The van der Waals surface area contributed by atoms with Crippen LogP contribution in [0.3, 0.4) is 0 Å². The van der Waals surface area contributed by atoms with E-state index in [2.05, 4.69) is 39.8 Å². The lowest BCUT2D eigenvalue weighted by atomic mass is 10.1. The number of nitriles is 1. The van der Waals surface area contributed by atoms with Crippen molar-refractivity contribution >= 4 is 33.3 Å². The van der Waals surface area contributed by atoms with E-state index in [-0.39, 0.29) is 0 Å². The van der Waals surface area contributed by atoms with Crippen molar-refractivity contribution < 1.29 is 0 Å². The predicted molar refractivity (Wildman–Crippen MR) is 132 cm³/mol. The molecule has 0 radical (unpaired) electrons. The van der Waals surface area contributed by atoms with Gasteiger partial charge in [-0.15, -0.1) is 11.3 Å². The highest BCUT2D eigenvalue weighted by atomic mass is 32.1. The summed E-state index contributed by atoms with van der Waals surface area (Å²) < 4.78 is 2.08. The maximum absolute atomic E-state index is 9.14. The van der Waals surface area contributed by atoms with E-state index in [1.54, 1.807) is 23.6 Å². The van der Waals surface area contributed by atoms with Crippen LogP contribution >= 0.6 is 11.3 Å². The summed E-state index contributed by atoms with van der Waals surface area (Å²) in [7, 11) is 2.00. The van der Waals surface area contributed by atoms with E-state index < -0.39 is 0 Å². The zero-order chi connectivity index (χ0) is 22.8. The van der Waals surface area contributed by atoms with Crippen LogP contribution < -0.4 is 0 Å². The van der Waals surface area contributed by atoms with Crippen molar-refractivity contribution in [3.63, 3.8) is 0 Å². The van der Waals surface area contributed by atoms with Crippen molar-refractivity contribution in [2.75, 3.05) is 0 Å². The number of benzene rings is 1. The van der Waals surface area contributed by atoms with Crippen LogP contribution in [0.15, 0.2) is 29.8 Å². The molecule has 3 aromatic heterocycles. The number of hydrogen-bond acceptors (Lipinski definition) is 5. The third-order valence-corrected chi connectivity index (χ3v) is 5.71. The van der Waals surface area contributed by atoms with Gasteiger partial charge in [0, 0.05) is 24.2 Å². The molecule has 0 unspecified atom stereocenters. The SMILES string of the molecule is CC.CCCCCC.Cc1nc(Cc2nc3cnc4ccc(C#N)cc4c3n2C)cs1. The van der Waals surface area contributed by atoms with Gasteiger partial charge in [-0.25, -0.2) is 9.97 Å². The van der Waals surface area contributed by atoms with Crippen LogP contribution in [0.5, 0.6) is 0 Å². The Morgan fingerprint density at radius 3 is 2.35 bits per heavy atom. The van der Waals surface area contributed by atoms with Crippen LogP contribution in [0.1, 0.15) is 75.5 Å². The first-order chi connectivity index (χ1) is 15.1. The molecule has 1 aromatic carbocycles. The molecule has 0 aliphatic carbocycles. The number of aromatic nitrogens is 4. The summed E-state index contributed by atoms with van der Waals surface area (Å²) in [5, 5.41) is 13.2. The minimum atomic E-state index is 0.629. The fraction of sp³-hybridized carbons (Fsp3) is 0.440. The first-order valence-electron chi connectivity index (χ1n) is 11.1. The summed E-state index contributed by atoms with van der Waals surface area (Å²) in [6.45, 7) is 10.5. The fourth-order valence-corrected chi connectivity index (χ4v) is 3.94. The number of unbranched alkanes of at least 4 members (excludes halogenated alkanes) is 3. The molecule has 0 aliphatic heterocycles. The predicted octanol–water partition coefficient (Wildman–Crippen LogP) is 6.96. The number of nitrogens with zero attached hydrogens (tertiary/aromatic N) is 5. The van der Waals surface area contributed by atoms with Crippen LogP contribution in [0.25, 0.3) is 21.9 Å². The number of thiazole rings is 1. The van der Waals surface area contributed by atoms with E-state index in [1.165, 1.54) is 25.7 Å². The van der Waals surface area contributed by atoms with E-state index in [0.29, 0.717) is 12.0 Å². The largest absolute Gasteiger partial charge is 0.330 e. The van der Waals surface area contributed by atoms with Crippen molar-refractivity contribution in [1.29, 1.82) is 5.26 Å². The topological polar surface area (TPSA) is 67.4 Å². The highest BCUT2D eigenvalue weighted by Gasteiger charge is 2.13. The van der Waals surface area contributed by atoms with E-state index in [0.717, 1.165) is 38.5 Å². The minimum absolute atomic E-state index is 0.629. The molecule has 0 saturated carbocycles. The molecule has 164 valence electrons. The highest BCUT2D eigenvalue weighted by molar-refractivity contribution is 7.09. The summed E-state index contributed by atoms with van der Waals surface area (Å²) in [4.78, 5) is 13.7. The van der Waals surface area contributed by atoms with Crippen molar-refractivity contribution in [1.82, 2.24) is 19.5 Å².